The minimum Gasteiger partial charge on any atom is -0.322 e. The average Bonchev–Trinajstić information content (AvgIpc) is 2.74. The summed E-state index contributed by atoms with van der Waals surface area (Å²) in [6.45, 7) is 11.5. The first-order valence-corrected chi connectivity index (χ1v) is 8.03. The van der Waals surface area contributed by atoms with Crippen molar-refractivity contribution in [1.82, 2.24) is 10.2 Å². The number of nitrogens with zero attached hydrogens (tertiary/aromatic N) is 1. The van der Waals surface area contributed by atoms with Crippen LogP contribution in [0.2, 0.25) is 0 Å². The number of carbonyl (C=O) groups is 1. The summed E-state index contributed by atoms with van der Waals surface area (Å²) >= 11 is 0. The second kappa shape index (κ2) is 6.61. The van der Waals surface area contributed by atoms with E-state index >= 15 is 0 Å². The second-order valence-corrected chi connectivity index (χ2v) is 6.92. The maximum absolute atomic E-state index is 12.7. The number of hydrogen-bond donors (Lipinski definition) is 1. The highest BCUT2D eigenvalue weighted by molar-refractivity contribution is 5.84. The van der Waals surface area contributed by atoms with Gasteiger partial charge in [-0.15, -0.1) is 0 Å². The minimum absolute atomic E-state index is 0.0178. The smallest absolute Gasteiger partial charge is 0.241 e. The Morgan fingerprint density at radius 2 is 1.76 bits per heavy atom. The Balaban J connectivity index is 2.22. The predicted octanol–water partition coefficient (Wildman–Crippen LogP) is 3.50. The zero-order valence-electron chi connectivity index (χ0n) is 13.9. The molecule has 1 aliphatic heterocycles. The fourth-order valence-electron chi connectivity index (χ4n) is 2.78. The van der Waals surface area contributed by atoms with Crippen molar-refractivity contribution in [1.29, 1.82) is 0 Å². The van der Waals surface area contributed by atoms with E-state index in [1.54, 1.807) is 0 Å². The summed E-state index contributed by atoms with van der Waals surface area (Å²) in [7, 11) is 0. The molecule has 1 aromatic carbocycles. The normalized spacial score (nSPS) is 22.6. The van der Waals surface area contributed by atoms with Crippen LogP contribution in [0.25, 0.3) is 0 Å². The lowest BCUT2D eigenvalue weighted by Crippen LogP contribution is -2.35. The Hall–Kier alpha value is -1.35. The molecule has 21 heavy (non-hydrogen) atoms. The first kappa shape index (κ1) is 16.0. The van der Waals surface area contributed by atoms with E-state index in [9.17, 15) is 4.79 Å². The Morgan fingerprint density at radius 1 is 1.14 bits per heavy atom. The van der Waals surface area contributed by atoms with Gasteiger partial charge >= 0.3 is 0 Å². The molecule has 1 amide bonds. The molecule has 1 heterocycles. The van der Waals surface area contributed by atoms with Crippen molar-refractivity contribution in [2.45, 2.75) is 53.2 Å². The largest absolute Gasteiger partial charge is 0.322 e. The van der Waals surface area contributed by atoms with Crippen LogP contribution >= 0.6 is 0 Å². The SMILES string of the molecule is Cc1ccc(C2NC(C(C)C)C(=O)N2CCC(C)C)cc1. The molecule has 1 N–H and O–H groups in total. The van der Waals surface area contributed by atoms with Gasteiger partial charge in [-0.2, -0.15) is 0 Å². The fourth-order valence-corrected chi connectivity index (χ4v) is 2.78. The molecule has 2 unspecified atom stereocenters. The molecule has 116 valence electrons. The molecule has 3 heteroatoms. The summed E-state index contributed by atoms with van der Waals surface area (Å²) in [5, 5.41) is 3.53. The molecule has 0 aromatic heterocycles. The van der Waals surface area contributed by atoms with Gasteiger partial charge in [-0.25, -0.2) is 0 Å². The summed E-state index contributed by atoms with van der Waals surface area (Å²) < 4.78 is 0. The van der Waals surface area contributed by atoms with Crippen molar-refractivity contribution < 1.29 is 4.79 Å². The predicted molar refractivity (Wildman–Crippen MR) is 86.8 cm³/mol. The molecule has 3 nitrogen and oxygen atoms in total. The third kappa shape index (κ3) is 3.65. The van der Waals surface area contributed by atoms with Crippen molar-refractivity contribution in [2.24, 2.45) is 11.8 Å². The molecule has 0 aliphatic carbocycles. The molecule has 1 fully saturated rings. The second-order valence-electron chi connectivity index (χ2n) is 6.92. The summed E-state index contributed by atoms with van der Waals surface area (Å²) in [6, 6.07) is 8.43. The Kier molecular flexibility index (Phi) is 5.04. The molecular formula is C18H28N2O. The van der Waals surface area contributed by atoms with Crippen LogP contribution in [-0.4, -0.2) is 23.4 Å². The summed E-state index contributed by atoms with van der Waals surface area (Å²) in [5.74, 6) is 1.17. The van der Waals surface area contributed by atoms with Gasteiger partial charge in [-0.05, 0) is 30.7 Å². The van der Waals surface area contributed by atoms with Crippen molar-refractivity contribution >= 4 is 5.91 Å². The summed E-state index contributed by atoms with van der Waals surface area (Å²) in [4.78, 5) is 14.7. The maximum atomic E-state index is 12.7. The number of rotatable bonds is 5. The number of carbonyl (C=O) groups excluding carboxylic acids is 1. The first-order chi connectivity index (χ1) is 9.90. The van der Waals surface area contributed by atoms with Crippen LogP contribution in [0.1, 0.15) is 51.4 Å². The first-order valence-electron chi connectivity index (χ1n) is 8.03. The van der Waals surface area contributed by atoms with E-state index in [0.29, 0.717) is 11.8 Å². The highest BCUT2D eigenvalue weighted by atomic mass is 16.2. The third-order valence-corrected chi connectivity index (χ3v) is 4.21. The number of nitrogens with one attached hydrogen (secondary N) is 1. The van der Waals surface area contributed by atoms with Gasteiger partial charge in [0, 0.05) is 6.54 Å². The zero-order valence-corrected chi connectivity index (χ0v) is 13.9. The Labute approximate surface area is 128 Å². The molecule has 2 rings (SSSR count). The molecule has 0 radical (unpaired) electrons. The third-order valence-electron chi connectivity index (χ3n) is 4.21. The average molecular weight is 288 g/mol. The lowest BCUT2D eigenvalue weighted by molar-refractivity contribution is -0.131. The van der Waals surface area contributed by atoms with Gasteiger partial charge in [0.05, 0.1) is 6.04 Å². The van der Waals surface area contributed by atoms with Gasteiger partial charge in [-0.3, -0.25) is 10.1 Å². The van der Waals surface area contributed by atoms with Gasteiger partial charge in [0.1, 0.15) is 6.17 Å². The molecule has 1 aliphatic rings. The van der Waals surface area contributed by atoms with Crippen LogP contribution < -0.4 is 5.32 Å². The van der Waals surface area contributed by atoms with Crippen molar-refractivity contribution in [2.75, 3.05) is 6.54 Å². The quantitative estimate of drug-likeness (QED) is 0.899. The van der Waals surface area contributed by atoms with Gasteiger partial charge in [0.15, 0.2) is 0 Å². The Bertz CT molecular complexity index is 478. The van der Waals surface area contributed by atoms with Gasteiger partial charge in [-0.1, -0.05) is 57.5 Å². The standard InChI is InChI=1S/C18H28N2O/c1-12(2)10-11-20-17(15-8-6-14(5)7-9-15)19-16(13(3)4)18(20)21/h6-9,12-13,16-17,19H,10-11H2,1-5H3. The van der Waals surface area contributed by atoms with Crippen LogP contribution in [-0.2, 0) is 4.79 Å². The maximum Gasteiger partial charge on any atom is 0.241 e. The van der Waals surface area contributed by atoms with E-state index in [2.05, 4.69) is 64.2 Å². The molecule has 1 aromatic rings. The lowest BCUT2D eigenvalue weighted by atomic mass is 10.0. The Morgan fingerprint density at radius 3 is 2.29 bits per heavy atom. The lowest BCUT2D eigenvalue weighted by Gasteiger charge is -2.25. The van der Waals surface area contributed by atoms with Gasteiger partial charge in [0.2, 0.25) is 5.91 Å². The van der Waals surface area contributed by atoms with E-state index in [1.807, 2.05) is 4.90 Å². The highest BCUT2D eigenvalue weighted by Gasteiger charge is 2.40. The van der Waals surface area contributed by atoms with Crippen molar-refractivity contribution in [3.63, 3.8) is 0 Å². The van der Waals surface area contributed by atoms with Crippen LogP contribution in [0.15, 0.2) is 24.3 Å². The molecule has 1 saturated heterocycles. The number of amides is 1. The van der Waals surface area contributed by atoms with Crippen molar-refractivity contribution in [3.8, 4) is 0 Å². The molecule has 2 atom stereocenters. The number of benzene rings is 1. The molecule has 0 spiro atoms. The molecule has 0 bridgehead atoms. The topological polar surface area (TPSA) is 32.3 Å². The van der Waals surface area contributed by atoms with Crippen LogP contribution in [0.4, 0.5) is 0 Å². The van der Waals surface area contributed by atoms with Crippen LogP contribution in [0.5, 0.6) is 0 Å². The fraction of sp³-hybridized carbons (Fsp3) is 0.611. The number of hydrogen-bond acceptors (Lipinski definition) is 2. The summed E-state index contributed by atoms with van der Waals surface area (Å²) in [5.41, 5.74) is 2.43. The van der Waals surface area contributed by atoms with E-state index in [4.69, 9.17) is 0 Å². The van der Waals surface area contributed by atoms with E-state index in [1.165, 1.54) is 11.1 Å². The van der Waals surface area contributed by atoms with E-state index in [-0.39, 0.29) is 18.1 Å². The monoisotopic (exact) mass is 288 g/mol. The van der Waals surface area contributed by atoms with Crippen LogP contribution in [0, 0.1) is 18.8 Å². The van der Waals surface area contributed by atoms with E-state index < -0.39 is 0 Å². The molecule has 0 saturated carbocycles. The van der Waals surface area contributed by atoms with E-state index in [0.717, 1.165) is 13.0 Å². The summed E-state index contributed by atoms with van der Waals surface area (Å²) in [6.07, 6.45) is 1.06. The van der Waals surface area contributed by atoms with Gasteiger partial charge in [0.25, 0.3) is 0 Å². The van der Waals surface area contributed by atoms with Crippen molar-refractivity contribution in [3.05, 3.63) is 35.4 Å². The number of aryl methyl sites for hydroxylation is 1. The van der Waals surface area contributed by atoms with Gasteiger partial charge < -0.3 is 4.90 Å². The molecular weight excluding hydrogens is 260 g/mol. The van der Waals surface area contributed by atoms with Crippen LogP contribution in [0.3, 0.4) is 0 Å². The minimum atomic E-state index is -0.0662. The zero-order chi connectivity index (χ0) is 15.6. The highest BCUT2D eigenvalue weighted by Crippen LogP contribution is 2.28.